The summed E-state index contributed by atoms with van der Waals surface area (Å²) in [6.45, 7) is 5.36. The monoisotopic (exact) mass is 413 g/mol. The van der Waals surface area contributed by atoms with E-state index >= 15 is 0 Å². The van der Waals surface area contributed by atoms with Crippen LogP contribution < -0.4 is 0 Å². The molecule has 0 radical (unpaired) electrons. The van der Waals surface area contributed by atoms with E-state index in [0.717, 1.165) is 31.5 Å². The Morgan fingerprint density at radius 3 is 2.37 bits per heavy atom. The van der Waals surface area contributed by atoms with Crippen molar-refractivity contribution < 1.29 is 14.7 Å². The number of nitrogens with zero attached hydrogens (tertiary/aromatic N) is 3. The first-order valence-corrected chi connectivity index (χ1v) is 10.1. The second-order valence-electron chi connectivity index (χ2n) is 7.30. The van der Waals surface area contributed by atoms with Crippen LogP contribution in [0.5, 0.6) is 0 Å². The molecule has 0 aromatic heterocycles. The number of hydrogen-bond acceptors (Lipinski definition) is 3. The van der Waals surface area contributed by atoms with Gasteiger partial charge in [0.2, 0.25) is 5.91 Å². The van der Waals surface area contributed by atoms with Gasteiger partial charge in [0.05, 0.1) is 28.5 Å². The number of piperazine rings is 1. The highest BCUT2D eigenvalue weighted by atomic mass is 35.5. The number of hydrogen-bond donors (Lipinski definition) is 1. The third kappa shape index (κ3) is 4.68. The fraction of sp³-hybridized carbons (Fsp3) is 0.579. The Morgan fingerprint density at radius 2 is 1.74 bits per heavy atom. The molecule has 1 unspecified atom stereocenters. The molecule has 0 bridgehead atoms. The average Bonchev–Trinajstić information content (AvgIpc) is 3.12. The van der Waals surface area contributed by atoms with Gasteiger partial charge in [0.1, 0.15) is 0 Å². The summed E-state index contributed by atoms with van der Waals surface area (Å²) < 4.78 is 0. The van der Waals surface area contributed by atoms with Gasteiger partial charge in [-0.25, -0.2) is 4.79 Å². The van der Waals surface area contributed by atoms with E-state index in [0.29, 0.717) is 29.7 Å². The number of rotatable bonds is 4. The number of carboxylic acid groups (broad SMARTS) is 1. The van der Waals surface area contributed by atoms with Crippen molar-refractivity contribution in [3.63, 3.8) is 0 Å². The van der Waals surface area contributed by atoms with Gasteiger partial charge in [0.15, 0.2) is 0 Å². The molecule has 0 saturated carbocycles. The Labute approximate surface area is 169 Å². The molecule has 27 heavy (non-hydrogen) atoms. The molecular weight excluding hydrogens is 389 g/mol. The molecule has 0 spiro atoms. The summed E-state index contributed by atoms with van der Waals surface area (Å²) in [5, 5.41) is 10.4. The largest absolute Gasteiger partial charge is 0.465 e. The Balaban J connectivity index is 1.76. The van der Waals surface area contributed by atoms with Crippen LogP contribution in [-0.4, -0.2) is 76.6 Å². The summed E-state index contributed by atoms with van der Waals surface area (Å²) in [5.74, 6) is -0.00512. The number of carbonyl (C=O) groups excluding carboxylic acids is 1. The van der Waals surface area contributed by atoms with E-state index < -0.39 is 6.09 Å². The molecule has 2 fully saturated rings. The van der Waals surface area contributed by atoms with Gasteiger partial charge in [0, 0.05) is 19.6 Å². The highest BCUT2D eigenvalue weighted by molar-refractivity contribution is 6.42. The van der Waals surface area contributed by atoms with E-state index in [1.54, 1.807) is 18.2 Å². The zero-order valence-electron chi connectivity index (χ0n) is 15.4. The summed E-state index contributed by atoms with van der Waals surface area (Å²) >= 11 is 12.0. The summed E-state index contributed by atoms with van der Waals surface area (Å²) in [7, 11) is 0. The molecule has 2 saturated heterocycles. The molecule has 0 aliphatic carbocycles. The number of benzene rings is 1. The van der Waals surface area contributed by atoms with Crippen LogP contribution in [0.15, 0.2) is 18.2 Å². The highest BCUT2D eigenvalue weighted by Gasteiger charge is 2.39. The third-order valence-electron chi connectivity index (χ3n) is 5.58. The van der Waals surface area contributed by atoms with Crippen molar-refractivity contribution >= 4 is 35.2 Å². The van der Waals surface area contributed by atoms with Gasteiger partial charge in [-0.3, -0.25) is 4.79 Å². The van der Waals surface area contributed by atoms with E-state index in [2.05, 4.69) is 4.90 Å². The van der Waals surface area contributed by atoms with Crippen molar-refractivity contribution in [1.29, 1.82) is 0 Å². The van der Waals surface area contributed by atoms with Crippen LogP contribution in [0.4, 0.5) is 4.79 Å². The van der Waals surface area contributed by atoms with E-state index in [1.807, 2.05) is 11.8 Å². The topological polar surface area (TPSA) is 64.1 Å². The van der Waals surface area contributed by atoms with Crippen LogP contribution in [0.2, 0.25) is 10.0 Å². The van der Waals surface area contributed by atoms with Crippen molar-refractivity contribution in [2.75, 3.05) is 32.7 Å². The van der Waals surface area contributed by atoms with Gasteiger partial charge >= 0.3 is 6.09 Å². The van der Waals surface area contributed by atoms with Crippen molar-refractivity contribution in [3.05, 3.63) is 33.8 Å². The average molecular weight is 414 g/mol. The maximum Gasteiger partial charge on any atom is 0.407 e. The lowest BCUT2D eigenvalue weighted by Crippen LogP contribution is -2.64. The fourth-order valence-electron chi connectivity index (χ4n) is 4.04. The maximum absolute atomic E-state index is 13.0. The maximum atomic E-state index is 13.0. The van der Waals surface area contributed by atoms with Crippen molar-refractivity contribution in [3.8, 4) is 0 Å². The van der Waals surface area contributed by atoms with Crippen LogP contribution in [0.25, 0.3) is 0 Å². The Bertz CT molecular complexity index is 709. The Morgan fingerprint density at radius 1 is 1.07 bits per heavy atom. The van der Waals surface area contributed by atoms with Gasteiger partial charge in [-0.1, -0.05) is 29.3 Å². The number of carbonyl (C=O) groups is 2. The molecule has 8 heteroatoms. The molecule has 1 aromatic carbocycles. The van der Waals surface area contributed by atoms with Crippen molar-refractivity contribution in [2.24, 2.45) is 0 Å². The van der Waals surface area contributed by atoms with Crippen LogP contribution >= 0.6 is 23.2 Å². The first-order valence-electron chi connectivity index (χ1n) is 9.32. The van der Waals surface area contributed by atoms with Gasteiger partial charge < -0.3 is 19.8 Å². The normalized spacial score (nSPS) is 23.7. The standard InChI is InChI=1S/C19H25Cl2N3O3/c1-13-17(12-22-6-2-3-7-22)24(9-8-23(13)19(26)27)18(25)11-14-4-5-15(20)16(21)10-14/h4-5,10,13,17H,2-3,6-9,11-12H2,1H3,(H,26,27)/t13-,17?/m1/s1. The summed E-state index contributed by atoms with van der Waals surface area (Å²) in [5.41, 5.74) is 0.808. The van der Waals surface area contributed by atoms with Gasteiger partial charge in [-0.2, -0.15) is 0 Å². The Kier molecular flexibility index (Phi) is 6.50. The summed E-state index contributed by atoms with van der Waals surface area (Å²) in [6.07, 6.45) is 1.61. The van der Waals surface area contributed by atoms with E-state index in [4.69, 9.17) is 23.2 Å². The molecule has 3 rings (SSSR count). The first kappa shape index (κ1) is 20.2. The van der Waals surface area contributed by atoms with E-state index in [-0.39, 0.29) is 24.4 Å². The second kappa shape index (κ2) is 8.67. The molecule has 2 aliphatic heterocycles. The predicted octanol–water partition coefficient (Wildman–Crippen LogP) is 3.21. The lowest BCUT2D eigenvalue weighted by Gasteiger charge is -2.46. The van der Waals surface area contributed by atoms with Gasteiger partial charge in [-0.05, 0) is 50.6 Å². The summed E-state index contributed by atoms with van der Waals surface area (Å²) in [4.78, 5) is 30.2. The van der Waals surface area contributed by atoms with Gasteiger partial charge in [0.25, 0.3) is 0 Å². The van der Waals surface area contributed by atoms with Crippen molar-refractivity contribution in [2.45, 2.75) is 38.3 Å². The molecule has 2 aliphatic rings. The molecule has 148 valence electrons. The van der Waals surface area contributed by atoms with Crippen LogP contribution in [0.1, 0.15) is 25.3 Å². The smallest absolute Gasteiger partial charge is 0.407 e. The fourth-order valence-corrected chi connectivity index (χ4v) is 4.36. The molecule has 2 heterocycles. The minimum atomic E-state index is -0.925. The molecule has 2 amide bonds. The van der Waals surface area contributed by atoms with Crippen LogP contribution in [0.3, 0.4) is 0 Å². The first-order chi connectivity index (χ1) is 12.9. The van der Waals surface area contributed by atoms with Crippen LogP contribution in [-0.2, 0) is 11.2 Å². The molecule has 1 aromatic rings. The lowest BCUT2D eigenvalue weighted by molar-refractivity contribution is -0.137. The number of amides is 2. The Hall–Kier alpha value is -1.50. The minimum absolute atomic E-state index is 0.00512. The highest BCUT2D eigenvalue weighted by Crippen LogP contribution is 2.25. The van der Waals surface area contributed by atoms with E-state index in [1.165, 1.54) is 4.90 Å². The third-order valence-corrected chi connectivity index (χ3v) is 6.32. The molecule has 6 nitrogen and oxygen atoms in total. The minimum Gasteiger partial charge on any atom is -0.465 e. The summed E-state index contributed by atoms with van der Waals surface area (Å²) in [6, 6.07) is 4.82. The number of halogens is 2. The van der Waals surface area contributed by atoms with Crippen molar-refractivity contribution in [1.82, 2.24) is 14.7 Å². The second-order valence-corrected chi connectivity index (χ2v) is 8.12. The lowest BCUT2D eigenvalue weighted by atomic mass is 10.0. The quantitative estimate of drug-likeness (QED) is 0.822. The predicted molar refractivity (Wildman–Crippen MR) is 106 cm³/mol. The van der Waals surface area contributed by atoms with E-state index in [9.17, 15) is 14.7 Å². The molecule has 1 N–H and O–H groups in total. The molecular formula is C19H25Cl2N3O3. The zero-order chi connectivity index (χ0) is 19.6. The van der Waals surface area contributed by atoms with Gasteiger partial charge in [-0.15, -0.1) is 0 Å². The molecule has 2 atom stereocenters. The zero-order valence-corrected chi connectivity index (χ0v) is 16.9. The SMILES string of the molecule is C[C@@H]1C(CN2CCCC2)N(C(=O)Cc2ccc(Cl)c(Cl)c2)CCN1C(=O)O. The van der Waals surface area contributed by atoms with Crippen LogP contribution in [0, 0.1) is 0 Å². The number of likely N-dealkylation sites (tertiary alicyclic amines) is 1.